The first kappa shape index (κ1) is 17.3. The minimum absolute atomic E-state index is 0.0437. The van der Waals surface area contributed by atoms with Crippen LogP contribution in [-0.4, -0.2) is 21.4 Å². The maximum Gasteiger partial charge on any atom is 0.230 e. The number of aromatic nitrogens is 2. The minimum atomic E-state index is 0.0437. The Morgan fingerprint density at radius 3 is 2.60 bits per heavy atom. The van der Waals surface area contributed by atoms with E-state index in [2.05, 4.69) is 29.5 Å². The Morgan fingerprint density at radius 2 is 1.84 bits per heavy atom. The zero-order valence-electron chi connectivity index (χ0n) is 14.2. The van der Waals surface area contributed by atoms with Crippen LogP contribution in [-0.2, 0) is 17.9 Å². The van der Waals surface area contributed by atoms with Gasteiger partial charge in [0.05, 0.1) is 12.3 Å². The average Bonchev–Trinajstić information content (AvgIpc) is 3.13. The Morgan fingerprint density at radius 1 is 1.08 bits per heavy atom. The number of hydrogen-bond donors (Lipinski definition) is 1. The molecule has 0 spiro atoms. The first-order chi connectivity index (χ1) is 12.2. The van der Waals surface area contributed by atoms with E-state index in [9.17, 15) is 4.79 Å². The number of carbonyl (C=O) groups is 1. The lowest BCUT2D eigenvalue weighted by Gasteiger charge is -2.11. The maximum absolute atomic E-state index is 12.2. The van der Waals surface area contributed by atoms with E-state index in [1.54, 1.807) is 18.0 Å². The third-order valence-electron chi connectivity index (χ3n) is 3.94. The van der Waals surface area contributed by atoms with Crippen molar-refractivity contribution in [3.05, 3.63) is 83.7 Å². The molecule has 1 amide bonds. The molecule has 0 saturated heterocycles. The number of amides is 1. The topological polar surface area (TPSA) is 46.9 Å². The Hall–Kier alpha value is -2.53. The van der Waals surface area contributed by atoms with Gasteiger partial charge in [-0.05, 0) is 35.7 Å². The molecule has 1 aromatic heterocycles. The highest BCUT2D eigenvalue weighted by Crippen LogP contribution is 2.21. The number of nitrogens with zero attached hydrogens (tertiary/aromatic N) is 2. The monoisotopic (exact) mass is 351 g/mol. The molecular formula is C20H21N3OS. The number of rotatable bonds is 7. The molecule has 0 aliphatic carbocycles. The van der Waals surface area contributed by atoms with E-state index in [-0.39, 0.29) is 5.91 Å². The van der Waals surface area contributed by atoms with Gasteiger partial charge in [0.25, 0.3) is 0 Å². The largest absolute Gasteiger partial charge is 0.351 e. The molecule has 25 heavy (non-hydrogen) atoms. The molecule has 128 valence electrons. The summed E-state index contributed by atoms with van der Waals surface area (Å²) in [4.78, 5) is 13.3. The minimum Gasteiger partial charge on any atom is -0.351 e. The second kappa shape index (κ2) is 8.53. The van der Waals surface area contributed by atoms with E-state index < -0.39 is 0 Å². The molecule has 0 saturated carbocycles. The van der Waals surface area contributed by atoms with Crippen molar-refractivity contribution in [2.75, 3.05) is 5.75 Å². The fraction of sp³-hybridized carbons (Fsp3) is 0.200. The molecule has 1 heterocycles. The molecule has 0 aliphatic heterocycles. The van der Waals surface area contributed by atoms with Crippen LogP contribution < -0.4 is 5.32 Å². The highest BCUT2D eigenvalue weighted by atomic mass is 32.2. The molecule has 5 heteroatoms. The van der Waals surface area contributed by atoms with Crippen LogP contribution in [0, 0.1) is 6.92 Å². The molecule has 3 aromatic rings. The van der Waals surface area contributed by atoms with Gasteiger partial charge in [-0.25, -0.2) is 0 Å². The van der Waals surface area contributed by atoms with Crippen LogP contribution in [0.4, 0.5) is 0 Å². The van der Waals surface area contributed by atoms with Gasteiger partial charge in [0, 0.05) is 23.8 Å². The van der Waals surface area contributed by atoms with E-state index in [1.165, 1.54) is 5.56 Å². The lowest BCUT2D eigenvalue weighted by atomic mass is 10.1. The molecular weight excluding hydrogens is 330 g/mol. The van der Waals surface area contributed by atoms with Crippen LogP contribution in [0.2, 0.25) is 0 Å². The SMILES string of the molecule is Cc1ccccc1SCC(=O)NCc1ccccc1Cn1cccn1. The highest BCUT2D eigenvalue weighted by molar-refractivity contribution is 8.00. The van der Waals surface area contributed by atoms with Crippen molar-refractivity contribution in [1.82, 2.24) is 15.1 Å². The molecule has 0 unspecified atom stereocenters. The molecule has 0 atom stereocenters. The van der Waals surface area contributed by atoms with Crippen LogP contribution in [0.3, 0.4) is 0 Å². The number of thioether (sulfide) groups is 1. The zero-order chi connectivity index (χ0) is 17.5. The predicted octanol–water partition coefficient (Wildman–Crippen LogP) is 3.65. The summed E-state index contributed by atoms with van der Waals surface area (Å²) in [6, 6.07) is 18.2. The quantitative estimate of drug-likeness (QED) is 0.661. The van der Waals surface area contributed by atoms with E-state index in [1.807, 2.05) is 53.3 Å². The summed E-state index contributed by atoms with van der Waals surface area (Å²) >= 11 is 1.57. The highest BCUT2D eigenvalue weighted by Gasteiger charge is 2.07. The molecule has 0 radical (unpaired) electrons. The Labute approximate surface area is 152 Å². The van der Waals surface area contributed by atoms with Gasteiger partial charge >= 0.3 is 0 Å². The fourth-order valence-corrected chi connectivity index (χ4v) is 3.42. The summed E-state index contributed by atoms with van der Waals surface area (Å²) in [6.07, 6.45) is 3.71. The smallest absolute Gasteiger partial charge is 0.230 e. The molecule has 0 aliphatic rings. The van der Waals surface area contributed by atoms with Crippen molar-refractivity contribution in [2.45, 2.75) is 24.9 Å². The summed E-state index contributed by atoms with van der Waals surface area (Å²) in [5.41, 5.74) is 3.48. The van der Waals surface area contributed by atoms with E-state index in [4.69, 9.17) is 0 Å². The summed E-state index contributed by atoms with van der Waals surface area (Å²) in [5, 5.41) is 7.26. The normalized spacial score (nSPS) is 10.6. The average molecular weight is 351 g/mol. The zero-order valence-corrected chi connectivity index (χ0v) is 15.0. The summed E-state index contributed by atoms with van der Waals surface area (Å²) < 4.78 is 1.88. The Bertz CT molecular complexity index is 830. The summed E-state index contributed by atoms with van der Waals surface area (Å²) in [5.74, 6) is 0.466. The van der Waals surface area contributed by atoms with Crippen LogP contribution in [0.1, 0.15) is 16.7 Å². The van der Waals surface area contributed by atoms with Crippen molar-refractivity contribution >= 4 is 17.7 Å². The van der Waals surface area contributed by atoms with Gasteiger partial charge in [0.1, 0.15) is 0 Å². The number of aryl methyl sites for hydroxylation is 1. The second-order valence-corrected chi connectivity index (χ2v) is 6.82. The van der Waals surface area contributed by atoms with Gasteiger partial charge in [-0.1, -0.05) is 42.5 Å². The van der Waals surface area contributed by atoms with Gasteiger partial charge in [-0.15, -0.1) is 11.8 Å². The number of benzene rings is 2. The Balaban J connectivity index is 1.54. The van der Waals surface area contributed by atoms with Crippen molar-refractivity contribution in [2.24, 2.45) is 0 Å². The van der Waals surface area contributed by atoms with Crippen LogP contribution >= 0.6 is 11.8 Å². The van der Waals surface area contributed by atoms with E-state index in [0.29, 0.717) is 18.8 Å². The summed E-state index contributed by atoms with van der Waals surface area (Å²) in [7, 11) is 0. The molecule has 0 fully saturated rings. The molecule has 1 N–H and O–H groups in total. The van der Waals surface area contributed by atoms with Crippen molar-refractivity contribution < 1.29 is 4.79 Å². The number of hydrogen-bond acceptors (Lipinski definition) is 3. The molecule has 4 nitrogen and oxygen atoms in total. The van der Waals surface area contributed by atoms with Gasteiger partial charge in [0.2, 0.25) is 5.91 Å². The van der Waals surface area contributed by atoms with E-state index in [0.717, 1.165) is 16.0 Å². The molecule has 0 bridgehead atoms. The lowest BCUT2D eigenvalue weighted by Crippen LogP contribution is -2.25. The van der Waals surface area contributed by atoms with Gasteiger partial charge < -0.3 is 5.32 Å². The lowest BCUT2D eigenvalue weighted by molar-refractivity contribution is -0.118. The van der Waals surface area contributed by atoms with Crippen molar-refractivity contribution in [1.29, 1.82) is 0 Å². The Kier molecular flexibility index (Phi) is 5.90. The molecule has 2 aromatic carbocycles. The first-order valence-electron chi connectivity index (χ1n) is 8.22. The summed E-state index contributed by atoms with van der Waals surface area (Å²) in [6.45, 7) is 3.30. The third kappa shape index (κ3) is 4.97. The fourth-order valence-electron chi connectivity index (χ4n) is 2.56. The number of carbonyl (C=O) groups excluding carboxylic acids is 1. The van der Waals surface area contributed by atoms with Gasteiger partial charge in [0.15, 0.2) is 0 Å². The van der Waals surface area contributed by atoms with Crippen LogP contribution in [0.15, 0.2) is 71.9 Å². The van der Waals surface area contributed by atoms with Gasteiger partial charge in [-0.3, -0.25) is 9.48 Å². The second-order valence-electron chi connectivity index (χ2n) is 5.80. The third-order valence-corrected chi connectivity index (χ3v) is 5.11. The predicted molar refractivity (Wildman–Crippen MR) is 102 cm³/mol. The van der Waals surface area contributed by atoms with Crippen LogP contribution in [0.5, 0.6) is 0 Å². The molecule has 3 rings (SSSR count). The first-order valence-corrected chi connectivity index (χ1v) is 9.20. The van der Waals surface area contributed by atoms with Crippen molar-refractivity contribution in [3.63, 3.8) is 0 Å². The van der Waals surface area contributed by atoms with Gasteiger partial charge in [-0.2, -0.15) is 5.10 Å². The van der Waals surface area contributed by atoms with E-state index >= 15 is 0 Å². The standard InChI is InChI=1S/C20H21N3OS/c1-16-7-2-5-10-19(16)25-15-20(24)21-13-17-8-3-4-9-18(17)14-23-12-6-11-22-23/h2-12H,13-15H2,1H3,(H,21,24). The maximum atomic E-state index is 12.2. The number of nitrogens with one attached hydrogen (secondary N) is 1. The van der Waals surface area contributed by atoms with Crippen molar-refractivity contribution in [3.8, 4) is 0 Å². The van der Waals surface area contributed by atoms with Crippen LogP contribution in [0.25, 0.3) is 0 Å².